The predicted molar refractivity (Wildman–Crippen MR) is 75.8 cm³/mol. The quantitative estimate of drug-likeness (QED) is 0.851. The molecule has 0 heterocycles. The van der Waals surface area contributed by atoms with Gasteiger partial charge >= 0.3 is 0 Å². The van der Waals surface area contributed by atoms with Crippen LogP contribution in [0.5, 0.6) is 0 Å². The van der Waals surface area contributed by atoms with E-state index in [-0.39, 0.29) is 5.92 Å². The maximum Gasteiger partial charge on any atom is 0.151 e. The van der Waals surface area contributed by atoms with Crippen molar-refractivity contribution in [1.82, 2.24) is 0 Å². The van der Waals surface area contributed by atoms with Crippen molar-refractivity contribution in [3.05, 3.63) is 35.9 Å². The van der Waals surface area contributed by atoms with Crippen LogP contribution in [0.1, 0.15) is 18.4 Å². The molecule has 0 amide bonds. The third-order valence-electron chi connectivity index (χ3n) is 3.95. The van der Waals surface area contributed by atoms with E-state index >= 15 is 0 Å². The molecule has 19 heavy (non-hydrogen) atoms. The lowest BCUT2D eigenvalue weighted by molar-refractivity contribution is 0.101. The average molecular weight is 283 g/mol. The normalized spacial score (nSPS) is 30.3. The second kappa shape index (κ2) is 5.23. The van der Waals surface area contributed by atoms with E-state index in [1.54, 1.807) is 0 Å². The van der Waals surface area contributed by atoms with Gasteiger partial charge in [-0.15, -0.1) is 0 Å². The molecule has 0 bridgehead atoms. The van der Waals surface area contributed by atoms with Crippen LogP contribution >= 0.6 is 0 Å². The lowest BCUT2D eigenvalue weighted by atomic mass is 10.0. The highest BCUT2D eigenvalue weighted by molar-refractivity contribution is 7.91. The molecule has 1 aromatic carbocycles. The van der Waals surface area contributed by atoms with Crippen molar-refractivity contribution in [3.8, 4) is 0 Å². The molecule has 1 aliphatic carbocycles. The molecule has 4 nitrogen and oxygen atoms in total. The van der Waals surface area contributed by atoms with E-state index in [9.17, 15) is 8.42 Å². The van der Waals surface area contributed by atoms with Gasteiger partial charge in [-0.25, -0.2) is 8.42 Å². The molecule has 0 unspecified atom stereocenters. The van der Waals surface area contributed by atoms with Gasteiger partial charge in [-0.1, -0.05) is 30.3 Å². The van der Waals surface area contributed by atoms with Crippen LogP contribution in [0, 0.1) is 5.41 Å². The van der Waals surface area contributed by atoms with Crippen LogP contribution in [0.25, 0.3) is 0 Å². The monoisotopic (exact) mass is 283 g/mol. The molecule has 0 spiro atoms. The molecule has 0 saturated heterocycles. The van der Waals surface area contributed by atoms with Gasteiger partial charge in [-0.2, -0.15) is 0 Å². The van der Waals surface area contributed by atoms with Crippen LogP contribution in [-0.4, -0.2) is 39.7 Å². The molecule has 0 aliphatic heterocycles. The van der Waals surface area contributed by atoms with Gasteiger partial charge in [0.1, 0.15) is 0 Å². The zero-order valence-corrected chi connectivity index (χ0v) is 12.2. The highest BCUT2D eigenvalue weighted by Gasteiger charge is 2.69. The van der Waals surface area contributed by atoms with Gasteiger partial charge in [-0.05, 0) is 12.5 Å². The molecule has 3 atom stereocenters. The van der Waals surface area contributed by atoms with E-state index < -0.39 is 20.5 Å². The zero-order chi connectivity index (χ0) is 14.1. The molecule has 1 aromatic rings. The summed E-state index contributed by atoms with van der Waals surface area (Å²) < 4.78 is 29.5. The van der Waals surface area contributed by atoms with E-state index in [1.165, 1.54) is 6.26 Å². The van der Waals surface area contributed by atoms with Crippen molar-refractivity contribution in [3.63, 3.8) is 0 Å². The molecule has 1 fully saturated rings. The molecular formula is C14H21NO3S. The Kier molecular flexibility index (Phi) is 3.99. The smallest absolute Gasteiger partial charge is 0.151 e. The van der Waals surface area contributed by atoms with Crippen molar-refractivity contribution in [2.75, 3.05) is 26.0 Å². The van der Waals surface area contributed by atoms with Crippen molar-refractivity contribution in [1.29, 1.82) is 0 Å². The topological polar surface area (TPSA) is 69.4 Å². The summed E-state index contributed by atoms with van der Waals surface area (Å²) >= 11 is 0. The first-order chi connectivity index (χ1) is 8.97. The first kappa shape index (κ1) is 14.5. The Balaban J connectivity index is 2.35. The third kappa shape index (κ3) is 2.55. The van der Waals surface area contributed by atoms with E-state index in [0.717, 1.165) is 5.56 Å². The van der Waals surface area contributed by atoms with Crippen molar-refractivity contribution < 1.29 is 13.2 Å². The number of hydrogen-bond acceptors (Lipinski definition) is 4. The van der Waals surface area contributed by atoms with Gasteiger partial charge in [0.05, 0.1) is 11.9 Å². The molecule has 2 rings (SSSR count). The summed E-state index contributed by atoms with van der Waals surface area (Å²) in [5.74, 6) is -0.0553. The molecule has 2 N–H and O–H groups in total. The first-order valence-corrected chi connectivity index (χ1v) is 8.44. The molecule has 1 saturated carbocycles. The highest BCUT2D eigenvalue weighted by atomic mass is 32.2. The van der Waals surface area contributed by atoms with E-state index in [2.05, 4.69) is 0 Å². The summed E-state index contributed by atoms with van der Waals surface area (Å²) in [5.41, 5.74) is 6.44. The summed E-state index contributed by atoms with van der Waals surface area (Å²) in [6.45, 7) is 3.20. The van der Waals surface area contributed by atoms with Crippen LogP contribution in [0.4, 0.5) is 0 Å². The fourth-order valence-corrected chi connectivity index (χ4v) is 5.07. The van der Waals surface area contributed by atoms with Crippen LogP contribution in [0.15, 0.2) is 30.3 Å². The standard InChI is InChI=1S/C14H21NO3S/c1-3-18-10-14(9-15)12(13(14)19(2,16)17)11-7-5-4-6-8-11/h4-8,12-13H,3,9-10,15H2,1-2H3/t12-,13+,14+/m1/s1. The molecule has 0 radical (unpaired) electrons. The highest BCUT2D eigenvalue weighted by Crippen LogP contribution is 2.62. The van der Waals surface area contributed by atoms with Gasteiger partial charge in [0.15, 0.2) is 9.84 Å². The van der Waals surface area contributed by atoms with Crippen molar-refractivity contribution >= 4 is 9.84 Å². The second-order valence-electron chi connectivity index (χ2n) is 5.21. The first-order valence-electron chi connectivity index (χ1n) is 6.49. The maximum atomic E-state index is 12.0. The average Bonchev–Trinajstić information content (AvgIpc) is 3.07. The summed E-state index contributed by atoms with van der Waals surface area (Å²) in [6.07, 6.45) is 1.29. The van der Waals surface area contributed by atoms with Gasteiger partial charge in [0.25, 0.3) is 0 Å². The fraction of sp³-hybridized carbons (Fsp3) is 0.571. The van der Waals surface area contributed by atoms with Crippen molar-refractivity contribution in [2.24, 2.45) is 11.1 Å². The lowest BCUT2D eigenvalue weighted by Gasteiger charge is -2.15. The summed E-state index contributed by atoms with van der Waals surface area (Å²) in [4.78, 5) is 0. The van der Waals surface area contributed by atoms with Crippen LogP contribution < -0.4 is 5.73 Å². The number of nitrogens with two attached hydrogens (primary N) is 1. The minimum atomic E-state index is -3.14. The minimum Gasteiger partial charge on any atom is -0.381 e. The number of rotatable bonds is 6. The summed E-state index contributed by atoms with van der Waals surface area (Å²) in [6, 6.07) is 9.70. The number of benzene rings is 1. The number of ether oxygens (including phenoxy) is 1. The Hall–Kier alpha value is -0.910. The third-order valence-corrected chi connectivity index (χ3v) is 5.62. The number of sulfone groups is 1. The molecule has 5 heteroatoms. The van der Waals surface area contributed by atoms with E-state index in [1.807, 2.05) is 37.3 Å². The zero-order valence-electron chi connectivity index (χ0n) is 11.4. The Morgan fingerprint density at radius 1 is 1.32 bits per heavy atom. The van der Waals surface area contributed by atoms with Gasteiger partial charge < -0.3 is 10.5 Å². The van der Waals surface area contributed by atoms with E-state index in [4.69, 9.17) is 10.5 Å². The van der Waals surface area contributed by atoms with Crippen LogP contribution in [0.3, 0.4) is 0 Å². The Morgan fingerprint density at radius 2 is 1.95 bits per heavy atom. The second-order valence-corrected chi connectivity index (χ2v) is 7.38. The minimum absolute atomic E-state index is 0.0553. The predicted octanol–water partition coefficient (Wildman–Crippen LogP) is 1.18. The van der Waals surface area contributed by atoms with Crippen LogP contribution in [0.2, 0.25) is 0 Å². The van der Waals surface area contributed by atoms with Gasteiger partial charge in [-0.3, -0.25) is 0 Å². The van der Waals surface area contributed by atoms with Gasteiger partial charge in [0, 0.05) is 30.7 Å². The maximum absolute atomic E-state index is 12.0. The molecule has 106 valence electrons. The fourth-order valence-electron chi connectivity index (χ4n) is 3.06. The SMILES string of the molecule is CCOC[C@@]1(CN)[C@H](c2ccccc2)[C@@H]1S(C)(=O)=O. The Labute approximate surface area is 114 Å². The molecular weight excluding hydrogens is 262 g/mol. The number of hydrogen-bond donors (Lipinski definition) is 1. The largest absolute Gasteiger partial charge is 0.381 e. The Morgan fingerprint density at radius 3 is 2.42 bits per heavy atom. The van der Waals surface area contributed by atoms with E-state index in [0.29, 0.717) is 19.8 Å². The van der Waals surface area contributed by atoms with Crippen LogP contribution in [-0.2, 0) is 14.6 Å². The summed E-state index contributed by atoms with van der Waals surface area (Å²) in [7, 11) is -3.14. The summed E-state index contributed by atoms with van der Waals surface area (Å²) in [5, 5.41) is -0.432. The molecule has 1 aliphatic rings. The molecule has 0 aromatic heterocycles. The Bertz CT molecular complexity index is 529. The van der Waals surface area contributed by atoms with Gasteiger partial charge in [0.2, 0.25) is 0 Å². The van der Waals surface area contributed by atoms with Crippen molar-refractivity contribution in [2.45, 2.75) is 18.1 Å². The lowest BCUT2D eigenvalue weighted by Crippen LogP contribution is -2.28.